The highest BCUT2D eigenvalue weighted by molar-refractivity contribution is 5.91. The fourth-order valence-electron chi connectivity index (χ4n) is 3.38. The van der Waals surface area contributed by atoms with E-state index in [0.29, 0.717) is 45.1 Å². The lowest BCUT2D eigenvalue weighted by Gasteiger charge is -2.35. The van der Waals surface area contributed by atoms with Crippen molar-refractivity contribution < 1.29 is 28.5 Å². The Morgan fingerprint density at radius 1 is 1.14 bits per heavy atom. The summed E-state index contributed by atoms with van der Waals surface area (Å²) in [5, 5.41) is 10.3. The van der Waals surface area contributed by atoms with E-state index in [-0.39, 0.29) is 19.3 Å². The van der Waals surface area contributed by atoms with Gasteiger partial charge in [0.1, 0.15) is 0 Å². The van der Waals surface area contributed by atoms with Crippen molar-refractivity contribution in [1.29, 1.82) is 0 Å². The number of amides is 1. The number of nitrogens with zero attached hydrogens (tertiary/aromatic N) is 2. The molecule has 3 heterocycles. The van der Waals surface area contributed by atoms with Crippen LogP contribution in [0.1, 0.15) is 16.1 Å². The average Bonchev–Trinajstić information content (AvgIpc) is 3.39. The van der Waals surface area contributed by atoms with Gasteiger partial charge in [0.25, 0.3) is 5.91 Å². The molecule has 0 bridgehead atoms. The number of fused-ring (bicyclic) bond motifs is 1. The zero-order valence-electron chi connectivity index (χ0n) is 15.6. The number of piperazine rings is 1. The second-order valence-electron chi connectivity index (χ2n) is 6.93. The third kappa shape index (κ3) is 4.46. The van der Waals surface area contributed by atoms with Gasteiger partial charge in [-0.05, 0) is 29.8 Å². The largest absolute Gasteiger partial charge is 0.459 e. The number of aliphatic hydroxyl groups excluding tert-OH is 1. The summed E-state index contributed by atoms with van der Waals surface area (Å²) < 4.78 is 21.4. The zero-order valence-corrected chi connectivity index (χ0v) is 15.6. The number of carbonyl (C=O) groups is 1. The number of β-amino-alcohol motifs (C(OH)–C–C–N with tert-alkyl or cyclic N) is 1. The molecule has 0 aliphatic carbocycles. The van der Waals surface area contributed by atoms with Crippen LogP contribution in [0.5, 0.6) is 11.5 Å². The smallest absolute Gasteiger partial charge is 0.289 e. The van der Waals surface area contributed by atoms with E-state index in [9.17, 15) is 9.90 Å². The first-order chi connectivity index (χ1) is 13.7. The molecule has 1 aromatic heterocycles. The molecular weight excluding hydrogens is 364 g/mol. The van der Waals surface area contributed by atoms with E-state index in [0.717, 1.165) is 17.1 Å². The predicted molar refractivity (Wildman–Crippen MR) is 99.3 cm³/mol. The molecular formula is C20H24N2O6. The van der Waals surface area contributed by atoms with Crippen LogP contribution in [0.15, 0.2) is 41.0 Å². The van der Waals surface area contributed by atoms with Crippen molar-refractivity contribution >= 4 is 5.91 Å². The third-order valence-electron chi connectivity index (χ3n) is 4.88. The van der Waals surface area contributed by atoms with Crippen LogP contribution in [0.25, 0.3) is 0 Å². The number of rotatable bonds is 7. The number of hydrogen-bond donors (Lipinski definition) is 1. The molecule has 4 rings (SSSR count). The molecule has 2 aliphatic heterocycles. The highest BCUT2D eigenvalue weighted by Crippen LogP contribution is 2.32. The quantitative estimate of drug-likeness (QED) is 0.766. The van der Waals surface area contributed by atoms with E-state index in [4.69, 9.17) is 18.6 Å². The summed E-state index contributed by atoms with van der Waals surface area (Å²) in [7, 11) is 0. The van der Waals surface area contributed by atoms with Crippen molar-refractivity contribution in [2.45, 2.75) is 12.7 Å². The van der Waals surface area contributed by atoms with Crippen molar-refractivity contribution in [2.24, 2.45) is 0 Å². The van der Waals surface area contributed by atoms with Crippen molar-refractivity contribution in [3.63, 3.8) is 0 Å². The topological polar surface area (TPSA) is 84.6 Å². The summed E-state index contributed by atoms with van der Waals surface area (Å²) in [6, 6.07) is 9.07. The molecule has 0 unspecified atom stereocenters. The van der Waals surface area contributed by atoms with Gasteiger partial charge >= 0.3 is 0 Å². The highest BCUT2D eigenvalue weighted by atomic mass is 16.7. The number of ether oxygens (including phenoxy) is 3. The molecule has 0 spiro atoms. The maximum absolute atomic E-state index is 12.3. The van der Waals surface area contributed by atoms with Crippen molar-refractivity contribution in [3.8, 4) is 11.5 Å². The number of aliphatic hydroxyl groups is 1. The minimum atomic E-state index is -0.582. The molecule has 1 saturated heterocycles. The first-order valence-electron chi connectivity index (χ1n) is 9.38. The number of carbonyl (C=O) groups excluding carboxylic acids is 1. The molecule has 8 heteroatoms. The number of benzene rings is 1. The van der Waals surface area contributed by atoms with Crippen LogP contribution in [-0.2, 0) is 11.3 Å². The maximum atomic E-state index is 12.3. The van der Waals surface area contributed by atoms with E-state index in [1.807, 2.05) is 18.2 Å². The van der Waals surface area contributed by atoms with Crippen molar-refractivity contribution in [2.75, 3.05) is 46.1 Å². The highest BCUT2D eigenvalue weighted by Gasteiger charge is 2.24. The molecule has 0 saturated carbocycles. The summed E-state index contributed by atoms with van der Waals surface area (Å²) in [6.45, 7) is 4.08. The summed E-state index contributed by atoms with van der Waals surface area (Å²) in [5.41, 5.74) is 0.974. The van der Waals surface area contributed by atoms with Crippen LogP contribution in [0.4, 0.5) is 0 Å². The molecule has 1 aromatic carbocycles. The third-order valence-corrected chi connectivity index (χ3v) is 4.88. The Morgan fingerprint density at radius 3 is 2.75 bits per heavy atom. The zero-order chi connectivity index (χ0) is 19.3. The summed E-state index contributed by atoms with van der Waals surface area (Å²) in [4.78, 5) is 16.2. The van der Waals surface area contributed by atoms with Crippen LogP contribution in [0.2, 0.25) is 0 Å². The minimum Gasteiger partial charge on any atom is -0.459 e. The predicted octanol–water partition coefficient (Wildman–Crippen LogP) is 1.34. The maximum Gasteiger partial charge on any atom is 0.289 e. The molecule has 1 N–H and O–H groups in total. The molecule has 2 aromatic rings. The van der Waals surface area contributed by atoms with Gasteiger partial charge in [0.05, 0.1) is 25.6 Å². The van der Waals surface area contributed by atoms with Crippen molar-refractivity contribution in [1.82, 2.24) is 9.80 Å². The Morgan fingerprint density at radius 2 is 1.96 bits per heavy atom. The van der Waals surface area contributed by atoms with Crippen LogP contribution < -0.4 is 9.47 Å². The van der Waals surface area contributed by atoms with Gasteiger partial charge in [0.2, 0.25) is 6.79 Å². The van der Waals surface area contributed by atoms with Gasteiger partial charge in [0.15, 0.2) is 17.3 Å². The number of furan rings is 1. The lowest BCUT2D eigenvalue weighted by atomic mass is 10.2. The van der Waals surface area contributed by atoms with Gasteiger partial charge in [-0.3, -0.25) is 9.69 Å². The second-order valence-corrected chi connectivity index (χ2v) is 6.93. The lowest BCUT2D eigenvalue weighted by Crippen LogP contribution is -2.50. The van der Waals surface area contributed by atoms with Gasteiger partial charge in [-0.2, -0.15) is 0 Å². The van der Waals surface area contributed by atoms with Gasteiger partial charge in [-0.15, -0.1) is 0 Å². The average molecular weight is 388 g/mol. The molecule has 28 heavy (non-hydrogen) atoms. The Bertz CT molecular complexity index is 786. The fourth-order valence-corrected chi connectivity index (χ4v) is 3.38. The molecule has 1 atom stereocenters. The second kappa shape index (κ2) is 8.64. The van der Waals surface area contributed by atoms with E-state index < -0.39 is 6.10 Å². The van der Waals surface area contributed by atoms with Crippen LogP contribution >= 0.6 is 0 Å². The minimum absolute atomic E-state index is 0.0859. The molecule has 8 nitrogen and oxygen atoms in total. The van der Waals surface area contributed by atoms with Gasteiger partial charge in [0, 0.05) is 32.7 Å². The van der Waals surface area contributed by atoms with Gasteiger partial charge in [-0.25, -0.2) is 0 Å². The van der Waals surface area contributed by atoms with Crippen LogP contribution in [-0.4, -0.2) is 73.0 Å². The number of hydrogen-bond acceptors (Lipinski definition) is 7. The van der Waals surface area contributed by atoms with Crippen LogP contribution in [0, 0.1) is 0 Å². The van der Waals surface area contributed by atoms with Gasteiger partial charge in [-0.1, -0.05) is 6.07 Å². The Hall–Kier alpha value is -2.55. The first kappa shape index (κ1) is 18.8. The van der Waals surface area contributed by atoms with E-state index >= 15 is 0 Å². The Labute approximate surface area is 163 Å². The SMILES string of the molecule is O=C(c1ccco1)N1CCN(C[C@@H](O)COCc2ccc3c(c2)OCO3)CC1. The monoisotopic (exact) mass is 388 g/mol. The standard InChI is InChI=1S/C20H24N2O6/c23-16(13-25-12-15-3-4-17-19(10-15)28-14-27-17)11-21-5-7-22(8-6-21)20(24)18-2-1-9-26-18/h1-4,9-10,16,23H,5-8,11-14H2/t16-/m1/s1. The Kier molecular flexibility index (Phi) is 5.80. The summed E-state index contributed by atoms with van der Waals surface area (Å²) >= 11 is 0. The molecule has 150 valence electrons. The molecule has 1 fully saturated rings. The summed E-state index contributed by atoms with van der Waals surface area (Å²) in [5.74, 6) is 1.75. The molecule has 2 aliphatic rings. The van der Waals surface area contributed by atoms with Crippen molar-refractivity contribution in [3.05, 3.63) is 47.9 Å². The Balaban J connectivity index is 1.16. The van der Waals surface area contributed by atoms with Crippen LogP contribution in [0.3, 0.4) is 0 Å². The lowest BCUT2D eigenvalue weighted by molar-refractivity contribution is 0.00178. The normalized spacial score (nSPS) is 17.7. The molecule has 1 amide bonds. The van der Waals surface area contributed by atoms with E-state index in [2.05, 4.69) is 4.90 Å². The fraction of sp³-hybridized carbons (Fsp3) is 0.450. The van der Waals surface area contributed by atoms with E-state index in [1.54, 1.807) is 17.0 Å². The van der Waals surface area contributed by atoms with Gasteiger partial charge < -0.3 is 28.6 Å². The van der Waals surface area contributed by atoms with E-state index in [1.165, 1.54) is 6.26 Å². The first-order valence-corrected chi connectivity index (χ1v) is 9.38. The molecule has 0 radical (unpaired) electrons. The summed E-state index contributed by atoms with van der Waals surface area (Å²) in [6.07, 6.45) is 0.921.